The second kappa shape index (κ2) is 6.94. The second-order valence-electron chi connectivity index (χ2n) is 6.25. The molecule has 0 aromatic heterocycles. The molecule has 2 heterocycles. The number of aromatic hydroxyl groups is 2. The molecule has 0 spiro atoms. The molecule has 1 saturated heterocycles. The molecule has 0 bridgehead atoms. The Hall–Kier alpha value is -2.24. The molecule has 132 valence electrons. The van der Waals surface area contributed by atoms with E-state index in [-0.39, 0.29) is 46.3 Å². The number of rotatable bonds is 0. The van der Waals surface area contributed by atoms with Crippen molar-refractivity contribution < 1.29 is 24.5 Å². The fraction of sp³-hybridized carbons (Fsp3) is 0.316. The number of esters is 1. The molecule has 2 aliphatic rings. The number of fused-ring (bicyclic) bond motifs is 2. The van der Waals surface area contributed by atoms with E-state index in [1.807, 2.05) is 18.2 Å². The molecule has 0 amide bonds. The summed E-state index contributed by atoms with van der Waals surface area (Å²) >= 11 is 6.16. The first kappa shape index (κ1) is 17.6. The summed E-state index contributed by atoms with van der Waals surface area (Å²) in [6.07, 6.45) is 7.79. The molecule has 2 N–H and O–H groups in total. The van der Waals surface area contributed by atoms with Crippen molar-refractivity contribution in [3.05, 3.63) is 58.7 Å². The molecule has 5 nitrogen and oxygen atoms in total. The van der Waals surface area contributed by atoms with Gasteiger partial charge in [0.2, 0.25) is 0 Å². The standard InChI is InChI=1S/C19H19ClO5/c1-10-5-3-4-6-15-16(25-15)8-11(2)24-19(23)17-12(7-10)18(20)14(22)9-13(17)21/h3-6,9,11,15-16,21-22H,1,7-8H2,2H3. The van der Waals surface area contributed by atoms with Gasteiger partial charge < -0.3 is 19.7 Å². The van der Waals surface area contributed by atoms with Crippen molar-refractivity contribution in [2.24, 2.45) is 0 Å². The predicted octanol–water partition coefficient (Wildman–Crippen LogP) is 3.68. The number of hydrogen-bond donors (Lipinski definition) is 2. The van der Waals surface area contributed by atoms with E-state index in [9.17, 15) is 15.0 Å². The van der Waals surface area contributed by atoms with Crippen molar-refractivity contribution in [1.29, 1.82) is 0 Å². The maximum atomic E-state index is 12.6. The molecule has 0 radical (unpaired) electrons. The Labute approximate surface area is 150 Å². The molecule has 25 heavy (non-hydrogen) atoms. The first-order chi connectivity index (χ1) is 11.9. The minimum absolute atomic E-state index is 0.000166. The number of epoxide rings is 1. The van der Waals surface area contributed by atoms with Gasteiger partial charge >= 0.3 is 5.97 Å². The van der Waals surface area contributed by atoms with Crippen LogP contribution in [0.15, 0.2) is 42.5 Å². The number of phenolic OH excluding ortho intramolecular Hbond substituents is 2. The quantitative estimate of drug-likeness (QED) is 0.543. The molecule has 6 heteroatoms. The van der Waals surface area contributed by atoms with Crippen LogP contribution in [0.1, 0.15) is 29.3 Å². The number of allylic oxidation sites excluding steroid dienone is 4. The Morgan fingerprint density at radius 3 is 2.80 bits per heavy atom. The normalized spacial score (nSPS) is 26.4. The van der Waals surface area contributed by atoms with E-state index in [1.54, 1.807) is 13.0 Å². The van der Waals surface area contributed by atoms with Crippen LogP contribution in [-0.4, -0.2) is 34.5 Å². The smallest absolute Gasteiger partial charge is 0.342 e. The first-order valence-corrected chi connectivity index (χ1v) is 8.37. The van der Waals surface area contributed by atoms with Gasteiger partial charge in [-0.3, -0.25) is 0 Å². The van der Waals surface area contributed by atoms with E-state index in [0.717, 1.165) is 6.07 Å². The number of hydrogen-bond acceptors (Lipinski definition) is 5. The van der Waals surface area contributed by atoms with Crippen molar-refractivity contribution in [3.63, 3.8) is 0 Å². The van der Waals surface area contributed by atoms with Gasteiger partial charge in [0.25, 0.3) is 0 Å². The maximum Gasteiger partial charge on any atom is 0.342 e. The van der Waals surface area contributed by atoms with Crippen LogP contribution in [0.2, 0.25) is 5.02 Å². The van der Waals surface area contributed by atoms with E-state index in [0.29, 0.717) is 12.0 Å². The highest BCUT2D eigenvalue weighted by molar-refractivity contribution is 6.33. The molecule has 3 atom stereocenters. The summed E-state index contributed by atoms with van der Waals surface area (Å²) in [5, 5.41) is 20.0. The zero-order valence-electron chi connectivity index (χ0n) is 13.7. The van der Waals surface area contributed by atoms with Crippen LogP contribution in [0, 0.1) is 0 Å². The Balaban J connectivity index is 2.01. The molecule has 0 saturated carbocycles. The van der Waals surface area contributed by atoms with Crippen molar-refractivity contribution in [1.82, 2.24) is 0 Å². The molecule has 0 aliphatic carbocycles. The third-order valence-corrected chi connectivity index (χ3v) is 4.59. The van der Waals surface area contributed by atoms with Crippen LogP contribution in [-0.2, 0) is 15.9 Å². The van der Waals surface area contributed by atoms with E-state index in [2.05, 4.69) is 6.58 Å². The van der Waals surface area contributed by atoms with Crippen LogP contribution >= 0.6 is 11.6 Å². The van der Waals surface area contributed by atoms with Crippen LogP contribution in [0.4, 0.5) is 0 Å². The monoisotopic (exact) mass is 362 g/mol. The van der Waals surface area contributed by atoms with Gasteiger partial charge in [0.15, 0.2) is 0 Å². The van der Waals surface area contributed by atoms with E-state index >= 15 is 0 Å². The maximum absolute atomic E-state index is 12.6. The molecule has 1 fully saturated rings. The average molecular weight is 363 g/mol. The number of cyclic esters (lactones) is 1. The van der Waals surface area contributed by atoms with Gasteiger partial charge in [0.05, 0.1) is 11.1 Å². The topological polar surface area (TPSA) is 79.3 Å². The zero-order valence-corrected chi connectivity index (χ0v) is 14.5. The zero-order chi connectivity index (χ0) is 18.1. The van der Waals surface area contributed by atoms with Gasteiger partial charge in [0, 0.05) is 12.5 Å². The highest BCUT2D eigenvalue weighted by Gasteiger charge is 2.38. The Morgan fingerprint density at radius 2 is 2.04 bits per heavy atom. The van der Waals surface area contributed by atoms with Gasteiger partial charge in [-0.2, -0.15) is 0 Å². The third kappa shape index (κ3) is 3.89. The number of ether oxygens (including phenoxy) is 2. The Bertz CT molecular complexity index is 781. The number of benzene rings is 1. The SMILES string of the molecule is C=C1C=CC=CC2OC2CC(C)OC(=O)c2c(O)cc(O)c(Cl)c2C1. The fourth-order valence-electron chi connectivity index (χ4n) is 2.86. The Kier molecular flexibility index (Phi) is 4.88. The molecular formula is C19H19ClO5. The molecule has 3 rings (SSSR count). The average Bonchev–Trinajstić information content (AvgIpc) is 3.25. The summed E-state index contributed by atoms with van der Waals surface area (Å²) in [5.41, 5.74) is 0.890. The van der Waals surface area contributed by atoms with Crippen LogP contribution in [0.5, 0.6) is 11.5 Å². The van der Waals surface area contributed by atoms with Gasteiger partial charge in [-0.05, 0) is 18.9 Å². The lowest BCUT2D eigenvalue weighted by Crippen LogP contribution is -2.19. The number of phenols is 2. The lowest BCUT2D eigenvalue weighted by molar-refractivity contribution is 0.0305. The molecule has 1 aromatic rings. The van der Waals surface area contributed by atoms with Crippen LogP contribution in [0.3, 0.4) is 0 Å². The largest absolute Gasteiger partial charge is 0.507 e. The number of carbonyl (C=O) groups excluding carboxylic acids is 1. The Morgan fingerprint density at radius 1 is 1.28 bits per heavy atom. The number of carbonyl (C=O) groups is 1. The van der Waals surface area contributed by atoms with E-state index in [4.69, 9.17) is 21.1 Å². The highest BCUT2D eigenvalue weighted by Crippen LogP contribution is 2.38. The lowest BCUT2D eigenvalue weighted by Gasteiger charge is -2.17. The molecule has 3 unspecified atom stereocenters. The van der Waals surface area contributed by atoms with Gasteiger partial charge in [-0.1, -0.05) is 48.1 Å². The highest BCUT2D eigenvalue weighted by atomic mass is 35.5. The lowest BCUT2D eigenvalue weighted by atomic mass is 9.98. The van der Waals surface area contributed by atoms with Gasteiger partial charge in [0.1, 0.15) is 29.3 Å². The fourth-order valence-corrected chi connectivity index (χ4v) is 3.08. The summed E-state index contributed by atoms with van der Waals surface area (Å²) in [6.45, 7) is 5.69. The molecule has 2 aliphatic heterocycles. The van der Waals surface area contributed by atoms with Gasteiger partial charge in [-0.15, -0.1) is 0 Å². The first-order valence-electron chi connectivity index (χ1n) is 7.99. The van der Waals surface area contributed by atoms with E-state index in [1.165, 1.54) is 0 Å². The van der Waals surface area contributed by atoms with Crippen molar-refractivity contribution >= 4 is 17.6 Å². The predicted molar refractivity (Wildman–Crippen MR) is 94.1 cm³/mol. The van der Waals surface area contributed by atoms with Crippen molar-refractivity contribution in [3.8, 4) is 11.5 Å². The summed E-state index contributed by atoms with van der Waals surface area (Å²) < 4.78 is 11.0. The van der Waals surface area contributed by atoms with Crippen molar-refractivity contribution in [2.75, 3.05) is 0 Å². The minimum atomic E-state index is -0.691. The summed E-state index contributed by atoms with van der Waals surface area (Å²) in [4.78, 5) is 12.6. The van der Waals surface area contributed by atoms with Crippen LogP contribution < -0.4 is 0 Å². The molecule has 1 aromatic carbocycles. The van der Waals surface area contributed by atoms with Gasteiger partial charge in [-0.25, -0.2) is 4.79 Å². The minimum Gasteiger partial charge on any atom is -0.507 e. The van der Waals surface area contributed by atoms with Crippen molar-refractivity contribution in [2.45, 2.75) is 38.1 Å². The summed E-state index contributed by atoms with van der Waals surface area (Å²) in [7, 11) is 0. The van der Waals surface area contributed by atoms with Crippen LogP contribution in [0.25, 0.3) is 0 Å². The summed E-state index contributed by atoms with van der Waals surface area (Å²) in [6, 6.07) is 1.04. The summed E-state index contributed by atoms with van der Waals surface area (Å²) in [5.74, 6) is -1.37. The molecular weight excluding hydrogens is 344 g/mol. The van der Waals surface area contributed by atoms with E-state index < -0.39 is 12.1 Å². The third-order valence-electron chi connectivity index (χ3n) is 4.17. The number of halogens is 1. The second-order valence-corrected chi connectivity index (χ2v) is 6.63.